The number of carbonyl (C=O) groups is 1. The minimum absolute atomic E-state index is 0.0134. The molecule has 3 aromatic carbocycles. The van der Waals surface area contributed by atoms with E-state index in [1.54, 1.807) is 36.4 Å². The summed E-state index contributed by atoms with van der Waals surface area (Å²) in [4.78, 5) is 12.9. The molecule has 0 aliphatic rings. The number of aryl methyl sites for hydroxylation is 1. The van der Waals surface area contributed by atoms with Crippen LogP contribution < -0.4 is 10.1 Å². The van der Waals surface area contributed by atoms with Crippen LogP contribution in [0.1, 0.15) is 11.1 Å². The lowest BCUT2D eigenvalue weighted by atomic mass is 10.2. The van der Waals surface area contributed by atoms with Gasteiger partial charge in [0.25, 0.3) is 0 Å². The summed E-state index contributed by atoms with van der Waals surface area (Å²) in [5.41, 5.74) is 2.08. The second-order valence-electron chi connectivity index (χ2n) is 7.11. The van der Waals surface area contributed by atoms with Gasteiger partial charge in [-0.05, 0) is 66.6 Å². The highest BCUT2D eigenvalue weighted by molar-refractivity contribution is 7.89. The van der Waals surface area contributed by atoms with E-state index < -0.39 is 22.5 Å². The van der Waals surface area contributed by atoms with Crippen molar-refractivity contribution < 1.29 is 17.9 Å². The molecule has 168 valence electrons. The van der Waals surface area contributed by atoms with Crippen molar-refractivity contribution in [1.82, 2.24) is 4.31 Å². The third kappa shape index (κ3) is 6.01. The molecule has 0 heterocycles. The SMILES string of the molecule is COc1ccc(C)cc1NC(=O)CN(Cc1ccc(Cl)cc1)S(=O)(=O)c1ccc(Cl)cc1. The fraction of sp³-hybridized carbons (Fsp3) is 0.174. The molecule has 3 rings (SSSR count). The Morgan fingerprint density at radius 3 is 2.16 bits per heavy atom. The number of nitrogens with one attached hydrogen (secondary N) is 1. The van der Waals surface area contributed by atoms with Gasteiger partial charge >= 0.3 is 0 Å². The largest absolute Gasteiger partial charge is 0.495 e. The molecule has 6 nitrogen and oxygen atoms in total. The quantitative estimate of drug-likeness (QED) is 0.472. The van der Waals surface area contributed by atoms with Gasteiger partial charge < -0.3 is 10.1 Å². The highest BCUT2D eigenvalue weighted by Gasteiger charge is 2.27. The van der Waals surface area contributed by atoms with Crippen LogP contribution in [0.25, 0.3) is 0 Å². The average Bonchev–Trinajstić information content (AvgIpc) is 2.75. The molecule has 0 atom stereocenters. The first-order valence-corrected chi connectivity index (χ1v) is 11.8. The molecule has 3 aromatic rings. The predicted molar refractivity (Wildman–Crippen MR) is 127 cm³/mol. The Hall–Kier alpha value is -2.58. The molecule has 0 saturated carbocycles. The molecule has 0 aliphatic heterocycles. The number of sulfonamides is 1. The van der Waals surface area contributed by atoms with Crippen molar-refractivity contribution in [3.63, 3.8) is 0 Å². The van der Waals surface area contributed by atoms with Crippen LogP contribution in [0.15, 0.2) is 71.6 Å². The number of benzene rings is 3. The van der Waals surface area contributed by atoms with E-state index in [1.165, 1.54) is 31.4 Å². The first kappa shape index (κ1) is 24.1. The normalized spacial score (nSPS) is 11.4. The Labute approximate surface area is 197 Å². The maximum absolute atomic E-state index is 13.3. The van der Waals surface area contributed by atoms with Crippen molar-refractivity contribution >= 4 is 44.8 Å². The summed E-state index contributed by atoms with van der Waals surface area (Å²) in [6.45, 7) is 1.47. The van der Waals surface area contributed by atoms with Crippen molar-refractivity contribution in [2.75, 3.05) is 19.0 Å². The van der Waals surface area contributed by atoms with Gasteiger partial charge in [-0.25, -0.2) is 8.42 Å². The number of rotatable bonds is 8. The second kappa shape index (κ2) is 10.4. The molecule has 0 aliphatic carbocycles. The minimum Gasteiger partial charge on any atom is -0.495 e. The number of hydrogen-bond donors (Lipinski definition) is 1. The summed E-state index contributed by atoms with van der Waals surface area (Å²) in [6.07, 6.45) is 0. The van der Waals surface area contributed by atoms with Crippen molar-refractivity contribution in [2.45, 2.75) is 18.4 Å². The highest BCUT2D eigenvalue weighted by Crippen LogP contribution is 2.26. The van der Waals surface area contributed by atoms with Gasteiger partial charge in [0.2, 0.25) is 15.9 Å². The average molecular weight is 493 g/mol. The van der Waals surface area contributed by atoms with Gasteiger partial charge in [-0.15, -0.1) is 0 Å². The zero-order valence-electron chi connectivity index (χ0n) is 17.5. The molecular formula is C23H22Cl2N2O4S. The van der Waals surface area contributed by atoms with Crippen LogP contribution in [0.2, 0.25) is 10.0 Å². The monoisotopic (exact) mass is 492 g/mol. The van der Waals surface area contributed by atoms with Crippen LogP contribution in [0.5, 0.6) is 5.75 Å². The van der Waals surface area contributed by atoms with Gasteiger partial charge in [0.1, 0.15) is 5.75 Å². The number of methoxy groups -OCH3 is 1. The number of amides is 1. The van der Waals surface area contributed by atoms with E-state index in [2.05, 4.69) is 5.32 Å². The topological polar surface area (TPSA) is 75.7 Å². The van der Waals surface area contributed by atoms with Crippen LogP contribution >= 0.6 is 23.2 Å². The molecule has 0 aromatic heterocycles. The zero-order valence-corrected chi connectivity index (χ0v) is 19.8. The fourth-order valence-electron chi connectivity index (χ4n) is 3.04. The Morgan fingerprint density at radius 2 is 1.56 bits per heavy atom. The lowest BCUT2D eigenvalue weighted by Crippen LogP contribution is -2.37. The summed E-state index contributed by atoms with van der Waals surface area (Å²) in [5.74, 6) is -0.0193. The molecule has 0 fully saturated rings. The Bertz CT molecular complexity index is 1200. The standard InChI is InChI=1S/C23H22Cl2N2O4S/c1-16-3-12-22(31-2)21(13-16)26-23(28)15-27(14-17-4-6-18(24)7-5-17)32(29,30)20-10-8-19(25)9-11-20/h3-13H,14-15H2,1-2H3,(H,26,28). The van der Waals surface area contributed by atoms with Crippen molar-refractivity contribution in [2.24, 2.45) is 0 Å². The van der Waals surface area contributed by atoms with Crippen LogP contribution in [0.3, 0.4) is 0 Å². The van der Waals surface area contributed by atoms with Gasteiger partial charge in [-0.1, -0.05) is 41.4 Å². The minimum atomic E-state index is -3.99. The van der Waals surface area contributed by atoms with Gasteiger partial charge in [0.15, 0.2) is 0 Å². The van der Waals surface area contributed by atoms with Crippen LogP contribution in [-0.2, 0) is 21.4 Å². The molecule has 0 spiro atoms. The van der Waals surface area contributed by atoms with E-state index >= 15 is 0 Å². The third-order valence-electron chi connectivity index (χ3n) is 4.67. The van der Waals surface area contributed by atoms with Crippen molar-refractivity contribution in [3.05, 3.63) is 87.9 Å². The van der Waals surface area contributed by atoms with Gasteiger partial charge in [0.05, 0.1) is 24.2 Å². The maximum atomic E-state index is 13.3. The summed E-state index contributed by atoms with van der Waals surface area (Å²) >= 11 is 11.8. The van der Waals surface area contributed by atoms with Gasteiger partial charge in [-0.2, -0.15) is 4.31 Å². The number of halogens is 2. The van der Waals surface area contributed by atoms with E-state index in [0.29, 0.717) is 27.0 Å². The smallest absolute Gasteiger partial charge is 0.243 e. The van der Waals surface area contributed by atoms with Crippen molar-refractivity contribution in [1.29, 1.82) is 0 Å². The lowest BCUT2D eigenvalue weighted by molar-refractivity contribution is -0.116. The first-order valence-electron chi connectivity index (χ1n) is 9.63. The number of hydrogen-bond acceptors (Lipinski definition) is 4. The number of anilines is 1. The fourth-order valence-corrected chi connectivity index (χ4v) is 4.68. The first-order chi connectivity index (χ1) is 15.2. The van der Waals surface area contributed by atoms with E-state index in [9.17, 15) is 13.2 Å². The van der Waals surface area contributed by atoms with Gasteiger partial charge in [-0.3, -0.25) is 4.79 Å². The van der Waals surface area contributed by atoms with E-state index in [1.807, 2.05) is 13.0 Å². The number of carbonyl (C=O) groups excluding carboxylic acids is 1. The van der Waals surface area contributed by atoms with E-state index in [4.69, 9.17) is 27.9 Å². The highest BCUT2D eigenvalue weighted by atomic mass is 35.5. The lowest BCUT2D eigenvalue weighted by Gasteiger charge is -2.22. The predicted octanol–water partition coefficient (Wildman–Crippen LogP) is 5.14. The molecule has 1 amide bonds. The molecule has 0 saturated heterocycles. The van der Waals surface area contributed by atoms with Crippen LogP contribution in [-0.4, -0.2) is 32.3 Å². The Balaban J connectivity index is 1.89. The zero-order chi connectivity index (χ0) is 23.3. The second-order valence-corrected chi connectivity index (χ2v) is 9.92. The van der Waals surface area contributed by atoms with Gasteiger partial charge in [0, 0.05) is 16.6 Å². The molecule has 0 bridgehead atoms. The molecular weight excluding hydrogens is 471 g/mol. The molecule has 0 radical (unpaired) electrons. The Morgan fingerprint density at radius 1 is 0.969 bits per heavy atom. The molecule has 32 heavy (non-hydrogen) atoms. The van der Waals surface area contributed by atoms with Crippen LogP contribution in [0, 0.1) is 6.92 Å². The molecule has 9 heteroatoms. The summed E-state index contributed by atoms with van der Waals surface area (Å²) in [7, 11) is -2.49. The summed E-state index contributed by atoms with van der Waals surface area (Å²) in [5, 5.41) is 3.69. The summed E-state index contributed by atoms with van der Waals surface area (Å²) in [6, 6.07) is 17.9. The number of ether oxygens (including phenoxy) is 1. The molecule has 0 unspecified atom stereocenters. The van der Waals surface area contributed by atoms with Crippen LogP contribution in [0.4, 0.5) is 5.69 Å². The van der Waals surface area contributed by atoms with Crippen molar-refractivity contribution in [3.8, 4) is 5.75 Å². The Kier molecular flexibility index (Phi) is 7.79. The van der Waals surface area contributed by atoms with E-state index in [-0.39, 0.29) is 11.4 Å². The summed E-state index contributed by atoms with van der Waals surface area (Å²) < 4.78 is 33.1. The number of nitrogens with zero attached hydrogens (tertiary/aromatic N) is 1. The third-order valence-corrected chi connectivity index (χ3v) is 6.98. The van der Waals surface area contributed by atoms with E-state index in [0.717, 1.165) is 9.87 Å². The maximum Gasteiger partial charge on any atom is 0.243 e. The molecule has 1 N–H and O–H groups in total.